The largest absolute Gasteiger partial charge is 0.491 e. The zero-order valence-corrected chi connectivity index (χ0v) is 14.1. The molecule has 0 amide bonds. The Bertz CT molecular complexity index is 527. The molecule has 0 saturated carbocycles. The molecule has 0 radical (unpaired) electrons. The highest BCUT2D eigenvalue weighted by Gasteiger charge is 2.26. The van der Waals surface area contributed by atoms with Gasteiger partial charge in [0, 0.05) is 38.8 Å². The number of aliphatic hydroxyl groups is 1. The van der Waals surface area contributed by atoms with E-state index in [1.165, 1.54) is 0 Å². The third kappa shape index (κ3) is 5.21. The molecule has 23 heavy (non-hydrogen) atoms. The summed E-state index contributed by atoms with van der Waals surface area (Å²) >= 11 is 0. The minimum absolute atomic E-state index is 0.276. The van der Waals surface area contributed by atoms with E-state index in [9.17, 15) is 5.11 Å². The van der Waals surface area contributed by atoms with Crippen LogP contribution in [0.15, 0.2) is 24.3 Å². The number of para-hydroxylation sites is 1. The smallest absolute Gasteiger partial charge is 0.137 e. The van der Waals surface area contributed by atoms with Crippen molar-refractivity contribution in [3.8, 4) is 11.8 Å². The first-order valence-corrected chi connectivity index (χ1v) is 8.40. The van der Waals surface area contributed by atoms with Crippen molar-refractivity contribution in [2.24, 2.45) is 0 Å². The molecule has 5 nitrogen and oxygen atoms in total. The second kappa shape index (κ2) is 8.88. The van der Waals surface area contributed by atoms with Gasteiger partial charge in [0.2, 0.25) is 0 Å². The second-order valence-corrected chi connectivity index (χ2v) is 6.16. The van der Waals surface area contributed by atoms with Crippen LogP contribution in [0.3, 0.4) is 0 Å². The maximum atomic E-state index is 9.60. The van der Waals surface area contributed by atoms with Gasteiger partial charge in [-0.2, -0.15) is 5.26 Å². The minimum atomic E-state index is -0.276. The van der Waals surface area contributed by atoms with E-state index in [0.29, 0.717) is 24.0 Å². The molecule has 1 fully saturated rings. The van der Waals surface area contributed by atoms with Gasteiger partial charge in [0.1, 0.15) is 18.4 Å². The summed E-state index contributed by atoms with van der Waals surface area (Å²) in [5.74, 6) is 0.662. The molecule has 0 spiro atoms. The molecule has 2 rings (SSSR count). The van der Waals surface area contributed by atoms with Crippen molar-refractivity contribution in [3.05, 3.63) is 29.8 Å². The van der Waals surface area contributed by atoms with E-state index in [1.807, 2.05) is 25.1 Å². The highest BCUT2D eigenvalue weighted by atomic mass is 16.5. The fourth-order valence-electron chi connectivity index (χ4n) is 3.10. The Kier molecular flexibility index (Phi) is 6.85. The zero-order chi connectivity index (χ0) is 16.7. The van der Waals surface area contributed by atoms with Crippen LogP contribution in [0.5, 0.6) is 5.75 Å². The minimum Gasteiger partial charge on any atom is -0.491 e. The first kappa shape index (κ1) is 17.7. The van der Waals surface area contributed by atoms with E-state index < -0.39 is 0 Å². The lowest BCUT2D eigenvalue weighted by Crippen LogP contribution is -2.55. The SMILES string of the molecule is CC[C@H]1CN(CCOc2ccccc2C#N)CCN1C[C@H](C)O. The van der Waals surface area contributed by atoms with Crippen LogP contribution in [-0.2, 0) is 0 Å². The van der Waals surface area contributed by atoms with Crippen LogP contribution < -0.4 is 4.74 Å². The molecule has 1 heterocycles. The molecule has 1 aliphatic rings. The summed E-state index contributed by atoms with van der Waals surface area (Å²) in [7, 11) is 0. The molecule has 0 unspecified atom stereocenters. The van der Waals surface area contributed by atoms with Gasteiger partial charge >= 0.3 is 0 Å². The lowest BCUT2D eigenvalue weighted by molar-refractivity contribution is 0.0322. The summed E-state index contributed by atoms with van der Waals surface area (Å²) in [6, 6.07) is 9.99. The standard InChI is InChI=1S/C18H27N3O2/c1-3-17-14-20(8-9-21(17)13-15(2)22)10-11-23-18-7-5-4-6-16(18)12-19/h4-7,15,17,22H,3,8-11,13-14H2,1-2H3/t15-,17-/m0/s1. The number of hydrogen-bond donors (Lipinski definition) is 1. The molecule has 0 aromatic heterocycles. The number of rotatable bonds is 7. The predicted molar refractivity (Wildman–Crippen MR) is 90.4 cm³/mol. The van der Waals surface area contributed by atoms with Gasteiger partial charge in [0.15, 0.2) is 0 Å². The highest BCUT2D eigenvalue weighted by Crippen LogP contribution is 2.17. The van der Waals surface area contributed by atoms with Crippen LogP contribution in [-0.4, -0.2) is 66.4 Å². The van der Waals surface area contributed by atoms with Crippen LogP contribution in [0.2, 0.25) is 0 Å². The van der Waals surface area contributed by atoms with Crippen molar-refractivity contribution < 1.29 is 9.84 Å². The Labute approximate surface area is 139 Å². The molecule has 1 N–H and O–H groups in total. The second-order valence-electron chi connectivity index (χ2n) is 6.16. The topological polar surface area (TPSA) is 59.7 Å². The normalized spacial score (nSPS) is 20.9. The molecule has 2 atom stereocenters. The van der Waals surface area contributed by atoms with Crippen LogP contribution >= 0.6 is 0 Å². The molecule has 1 aliphatic heterocycles. The van der Waals surface area contributed by atoms with Gasteiger partial charge in [0.25, 0.3) is 0 Å². The highest BCUT2D eigenvalue weighted by molar-refractivity contribution is 5.42. The van der Waals surface area contributed by atoms with Gasteiger partial charge in [-0.25, -0.2) is 0 Å². The molecule has 0 aliphatic carbocycles. The average Bonchev–Trinajstić information content (AvgIpc) is 2.56. The van der Waals surface area contributed by atoms with Gasteiger partial charge in [0.05, 0.1) is 11.7 Å². The number of piperazine rings is 1. The van der Waals surface area contributed by atoms with Crippen molar-refractivity contribution in [1.82, 2.24) is 9.80 Å². The number of benzene rings is 1. The van der Waals surface area contributed by atoms with Gasteiger partial charge < -0.3 is 9.84 Å². The Morgan fingerprint density at radius 3 is 2.87 bits per heavy atom. The summed E-state index contributed by atoms with van der Waals surface area (Å²) in [4.78, 5) is 4.79. The first-order valence-electron chi connectivity index (χ1n) is 8.40. The lowest BCUT2D eigenvalue weighted by atomic mass is 10.1. The number of aliphatic hydroxyl groups excluding tert-OH is 1. The maximum absolute atomic E-state index is 9.60. The number of nitrogens with zero attached hydrogens (tertiary/aromatic N) is 3. The van der Waals surface area contributed by atoms with Crippen molar-refractivity contribution in [2.75, 3.05) is 39.3 Å². The third-order valence-corrected chi connectivity index (χ3v) is 4.33. The molecule has 1 saturated heterocycles. The average molecular weight is 317 g/mol. The van der Waals surface area contributed by atoms with Gasteiger partial charge in [-0.3, -0.25) is 9.80 Å². The molecule has 0 bridgehead atoms. The Morgan fingerprint density at radius 2 is 2.17 bits per heavy atom. The Balaban J connectivity index is 1.80. The fraction of sp³-hybridized carbons (Fsp3) is 0.611. The Morgan fingerprint density at radius 1 is 1.39 bits per heavy atom. The molecular formula is C18H27N3O2. The van der Waals surface area contributed by atoms with E-state index in [0.717, 1.165) is 39.1 Å². The zero-order valence-electron chi connectivity index (χ0n) is 14.1. The quantitative estimate of drug-likeness (QED) is 0.830. The molecule has 1 aromatic rings. The van der Waals surface area contributed by atoms with Crippen molar-refractivity contribution in [2.45, 2.75) is 32.4 Å². The van der Waals surface area contributed by atoms with Crippen molar-refractivity contribution in [1.29, 1.82) is 5.26 Å². The number of β-amino-alcohol motifs (C(OH)–C–C–N with tert-alkyl or cyclic N) is 1. The number of hydrogen-bond acceptors (Lipinski definition) is 5. The van der Waals surface area contributed by atoms with Crippen molar-refractivity contribution in [3.63, 3.8) is 0 Å². The third-order valence-electron chi connectivity index (χ3n) is 4.33. The molecule has 5 heteroatoms. The summed E-state index contributed by atoms with van der Waals surface area (Å²) in [5.41, 5.74) is 0.584. The predicted octanol–water partition coefficient (Wildman–Crippen LogP) is 1.71. The van der Waals surface area contributed by atoms with Gasteiger partial charge in [-0.05, 0) is 25.5 Å². The summed E-state index contributed by atoms with van der Waals surface area (Å²) in [6.07, 6.45) is 0.808. The van der Waals surface area contributed by atoms with Crippen LogP contribution in [0.4, 0.5) is 0 Å². The maximum Gasteiger partial charge on any atom is 0.137 e. The van der Waals surface area contributed by atoms with Crippen molar-refractivity contribution >= 4 is 0 Å². The fourth-order valence-corrected chi connectivity index (χ4v) is 3.10. The molecular weight excluding hydrogens is 290 g/mol. The van der Waals surface area contributed by atoms with E-state index in [4.69, 9.17) is 10.00 Å². The summed E-state index contributed by atoms with van der Waals surface area (Å²) in [6.45, 7) is 9.22. The van der Waals surface area contributed by atoms with Crippen LogP contribution in [0, 0.1) is 11.3 Å². The van der Waals surface area contributed by atoms with E-state index >= 15 is 0 Å². The van der Waals surface area contributed by atoms with Crippen LogP contribution in [0.25, 0.3) is 0 Å². The summed E-state index contributed by atoms with van der Waals surface area (Å²) in [5, 5.41) is 18.7. The van der Waals surface area contributed by atoms with Gasteiger partial charge in [-0.15, -0.1) is 0 Å². The van der Waals surface area contributed by atoms with Gasteiger partial charge in [-0.1, -0.05) is 19.1 Å². The van der Waals surface area contributed by atoms with E-state index in [-0.39, 0.29) is 6.10 Å². The Hall–Kier alpha value is -1.61. The van der Waals surface area contributed by atoms with E-state index in [2.05, 4.69) is 22.8 Å². The lowest BCUT2D eigenvalue weighted by Gasteiger charge is -2.41. The summed E-state index contributed by atoms with van der Waals surface area (Å²) < 4.78 is 5.77. The first-order chi connectivity index (χ1) is 11.1. The monoisotopic (exact) mass is 317 g/mol. The van der Waals surface area contributed by atoms with Crippen LogP contribution in [0.1, 0.15) is 25.8 Å². The number of nitriles is 1. The number of ether oxygens (including phenoxy) is 1. The van der Waals surface area contributed by atoms with E-state index in [1.54, 1.807) is 6.07 Å². The molecule has 126 valence electrons. The molecule has 1 aromatic carbocycles.